The van der Waals surface area contributed by atoms with Crippen LogP contribution in [0.2, 0.25) is 0 Å². The Morgan fingerprint density at radius 1 is 1.12 bits per heavy atom. The van der Waals surface area contributed by atoms with Crippen molar-refractivity contribution in [3.05, 3.63) is 29.8 Å². The first-order chi connectivity index (χ1) is 12.5. The zero-order valence-electron chi connectivity index (χ0n) is 15.4. The van der Waals surface area contributed by atoms with Gasteiger partial charge in [0.1, 0.15) is 0 Å². The molecule has 0 N–H and O–H groups in total. The fourth-order valence-corrected chi connectivity index (χ4v) is 5.24. The van der Waals surface area contributed by atoms with Gasteiger partial charge < -0.3 is 9.64 Å². The summed E-state index contributed by atoms with van der Waals surface area (Å²) >= 11 is 0. The van der Waals surface area contributed by atoms with Crippen LogP contribution >= 0.6 is 0 Å². The Balaban J connectivity index is 1.74. The number of carbonyl (C=O) groups excluding carboxylic acids is 1. The molecule has 7 heteroatoms. The van der Waals surface area contributed by atoms with Crippen LogP contribution in [-0.4, -0.2) is 62.4 Å². The van der Waals surface area contributed by atoms with Crippen LogP contribution in [0.15, 0.2) is 29.2 Å². The van der Waals surface area contributed by atoms with Crippen molar-refractivity contribution in [1.29, 1.82) is 0 Å². The number of carbonyl (C=O) groups is 1. The molecule has 1 saturated heterocycles. The highest BCUT2D eigenvalue weighted by Gasteiger charge is 2.28. The maximum atomic E-state index is 12.9. The number of hydrogen-bond donors (Lipinski definition) is 0. The number of nitrogens with zero attached hydrogens (tertiary/aromatic N) is 2. The van der Waals surface area contributed by atoms with Crippen molar-refractivity contribution < 1.29 is 17.9 Å². The molecule has 3 rings (SSSR count). The topological polar surface area (TPSA) is 66.9 Å². The van der Waals surface area contributed by atoms with Crippen molar-refractivity contribution in [3.63, 3.8) is 0 Å². The summed E-state index contributed by atoms with van der Waals surface area (Å²) in [6.07, 6.45) is 5.71. The molecule has 1 amide bonds. The fraction of sp³-hybridized carbons (Fsp3) is 0.632. The maximum Gasteiger partial charge on any atom is 0.254 e. The molecule has 0 atom stereocenters. The Hall–Kier alpha value is -1.44. The van der Waals surface area contributed by atoms with Crippen molar-refractivity contribution in [2.45, 2.75) is 50.0 Å². The molecular weight excluding hydrogens is 352 g/mol. The van der Waals surface area contributed by atoms with Gasteiger partial charge in [-0.3, -0.25) is 4.79 Å². The van der Waals surface area contributed by atoms with Gasteiger partial charge in [-0.15, -0.1) is 0 Å². The third-order valence-corrected chi connectivity index (χ3v) is 7.24. The number of morpholine rings is 1. The van der Waals surface area contributed by atoms with Gasteiger partial charge in [-0.25, -0.2) is 8.42 Å². The minimum absolute atomic E-state index is 0.00489. The minimum atomic E-state index is -3.52. The zero-order valence-corrected chi connectivity index (χ0v) is 16.2. The number of ether oxygens (including phenoxy) is 1. The molecular formula is C19H28N2O4S. The number of sulfonamides is 1. The summed E-state index contributed by atoms with van der Waals surface area (Å²) in [5, 5.41) is 0. The van der Waals surface area contributed by atoms with Crippen molar-refractivity contribution >= 4 is 15.9 Å². The van der Waals surface area contributed by atoms with Crippen molar-refractivity contribution in [3.8, 4) is 0 Å². The van der Waals surface area contributed by atoms with E-state index in [-0.39, 0.29) is 10.8 Å². The lowest BCUT2D eigenvalue weighted by atomic mass is 9.93. The molecule has 0 unspecified atom stereocenters. The molecule has 2 aliphatic rings. The minimum Gasteiger partial charge on any atom is -0.379 e. The average Bonchev–Trinajstić information content (AvgIpc) is 2.70. The molecule has 1 saturated carbocycles. The maximum absolute atomic E-state index is 12.9. The summed E-state index contributed by atoms with van der Waals surface area (Å²) in [6.45, 7) is 4.26. The SMILES string of the molecule is CCN(C(=O)c1ccc(S(=O)(=O)N2CCOCC2)cc1)C1CCCCC1. The molecule has 1 aromatic rings. The van der Waals surface area contributed by atoms with Crippen LogP contribution in [0.25, 0.3) is 0 Å². The molecule has 0 radical (unpaired) electrons. The van der Waals surface area contributed by atoms with Crippen LogP contribution in [-0.2, 0) is 14.8 Å². The van der Waals surface area contributed by atoms with Gasteiger partial charge >= 0.3 is 0 Å². The lowest BCUT2D eigenvalue weighted by Gasteiger charge is -2.33. The van der Waals surface area contributed by atoms with Crippen LogP contribution in [0.4, 0.5) is 0 Å². The highest BCUT2D eigenvalue weighted by molar-refractivity contribution is 7.89. The predicted octanol–water partition coefficient (Wildman–Crippen LogP) is 2.50. The fourth-order valence-electron chi connectivity index (χ4n) is 3.83. The van der Waals surface area contributed by atoms with E-state index in [2.05, 4.69) is 0 Å². The molecule has 1 aliphatic heterocycles. The molecule has 26 heavy (non-hydrogen) atoms. The van der Waals surface area contributed by atoms with Crippen LogP contribution < -0.4 is 0 Å². The second-order valence-corrected chi connectivity index (χ2v) is 8.86. The first-order valence-electron chi connectivity index (χ1n) is 9.53. The molecule has 6 nitrogen and oxygen atoms in total. The van der Waals surface area contributed by atoms with Gasteiger partial charge in [-0.2, -0.15) is 4.31 Å². The highest BCUT2D eigenvalue weighted by atomic mass is 32.2. The Morgan fingerprint density at radius 3 is 2.31 bits per heavy atom. The molecule has 1 heterocycles. The zero-order chi connectivity index (χ0) is 18.6. The van der Waals surface area contributed by atoms with Gasteiger partial charge in [0.05, 0.1) is 18.1 Å². The Kier molecular flexibility index (Phi) is 6.32. The van der Waals surface area contributed by atoms with Crippen molar-refractivity contribution in [2.24, 2.45) is 0 Å². The van der Waals surface area contributed by atoms with E-state index in [1.54, 1.807) is 24.3 Å². The van der Waals surface area contributed by atoms with Gasteiger partial charge in [0.2, 0.25) is 10.0 Å². The highest BCUT2D eigenvalue weighted by Crippen LogP contribution is 2.24. The molecule has 0 aromatic heterocycles. The lowest BCUT2D eigenvalue weighted by Crippen LogP contribution is -2.41. The first kappa shape index (κ1) is 19.3. The lowest BCUT2D eigenvalue weighted by molar-refractivity contribution is 0.0648. The van der Waals surface area contributed by atoms with E-state index in [1.807, 2.05) is 11.8 Å². The van der Waals surface area contributed by atoms with Gasteiger partial charge in [0, 0.05) is 31.2 Å². The van der Waals surface area contributed by atoms with E-state index in [9.17, 15) is 13.2 Å². The van der Waals surface area contributed by atoms with Crippen molar-refractivity contribution in [2.75, 3.05) is 32.8 Å². The van der Waals surface area contributed by atoms with E-state index >= 15 is 0 Å². The predicted molar refractivity (Wildman–Crippen MR) is 99.6 cm³/mol. The number of hydrogen-bond acceptors (Lipinski definition) is 4. The Morgan fingerprint density at radius 2 is 1.73 bits per heavy atom. The third-order valence-electron chi connectivity index (χ3n) is 5.33. The molecule has 0 bridgehead atoms. The summed E-state index contributed by atoms with van der Waals surface area (Å²) in [4.78, 5) is 15.1. The second kappa shape index (κ2) is 8.50. The number of benzene rings is 1. The van der Waals surface area contributed by atoms with E-state index < -0.39 is 10.0 Å². The standard InChI is InChI=1S/C19H28N2O4S/c1-2-21(17-6-4-3-5-7-17)19(22)16-8-10-18(11-9-16)26(23,24)20-12-14-25-15-13-20/h8-11,17H,2-7,12-15H2,1H3. The van der Waals surface area contributed by atoms with Crippen LogP contribution in [0, 0.1) is 0 Å². The van der Waals surface area contributed by atoms with Crippen LogP contribution in [0.1, 0.15) is 49.4 Å². The normalized spacial score (nSPS) is 20.0. The second-order valence-electron chi connectivity index (χ2n) is 6.92. The largest absolute Gasteiger partial charge is 0.379 e. The average molecular weight is 381 g/mol. The van der Waals surface area contributed by atoms with E-state index in [4.69, 9.17) is 4.74 Å². The summed E-state index contributed by atoms with van der Waals surface area (Å²) in [5.74, 6) is -0.00489. The van der Waals surface area contributed by atoms with Gasteiger partial charge in [-0.1, -0.05) is 19.3 Å². The molecule has 0 spiro atoms. The van der Waals surface area contributed by atoms with Gasteiger partial charge in [0.15, 0.2) is 0 Å². The number of rotatable bonds is 5. The third kappa shape index (κ3) is 4.10. The Bertz CT molecular complexity index is 706. The van der Waals surface area contributed by atoms with Crippen LogP contribution in [0.5, 0.6) is 0 Å². The summed E-state index contributed by atoms with van der Waals surface area (Å²) in [6, 6.07) is 6.68. The molecule has 144 valence electrons. The molecule has 1 aliphatic carbocycles. The van der Waals surface area contributed by atoms with Gasteiger partial charge in [-0.05, 0) is 44.0 Å². The van der Waals surface area contributed by atoms with E-state index in [1.165, 1.54) is 23.6 Å². The first-order valence-corrected chi connectivity index (χ1v) is 11.0. The molecule has 1 aromatic carbocycles. The van der Waals surface area contributed by atoms with Gasteiger partial charge in [0.25, 0.3) is 5.91 Å². The summed E-state index contributed by atoms with van der Waals surface area (Å²) < 4.78 is 32.0. The van der Waals surface area contributed by atoms with E-state index in [0.29, 0.717) is 44.5 Å². The smallest absolute Gasteiger partial charge is 0.254 e. The summed E-state index contributed by atoms with van der Waals surface area (Å²) in [7, 11) is -3.52. The van der Waals surface area contributed by atoms with Crippen molar-refractivity contribution in [1.82, 2.24) is 9.21 Å². The monoisotopic (exact) mass is 380 g/mol. The van der Waals surface area contributed by atoms with E-state index in [0.717, 1.165) is 12.8 Å². The quantitative estimate of drug-likeness (QED) is 0.787. The van der Waals surface area contributed by atoms with Crippen LogP contribution in [0.3, 0.4) is 0 Å². The Labute approximate surface area is 156 Å². The molecule has 2 fully saturated rings. The summed E-state index contributed by atoms with van der Waals surface area (Å²) in [5.41, 5.74) is 0.554. The number of amides is 1.